The molecule has 0 aromatic carbocycles. The Morgan fingerprint density at radius 2 is 1.92 bits per heavy atom. The number of quaternary nitrogens is 1. The summed E-state index contributed by atoms with van der Waals surface area (Å²) in [6.07, 6.45) is 0.123. The molecule has 24 heavy (non-hydrogen) atoms. The Balaban J connectivity index is 1.95. The molecule has 0 radical (unpaired) electrons. The molecular weight excluding hydrogens is 310 g/mol. The lowest BCUT2D eigenvalue weighted by Gasteiger charge is -2.31. The highest BCUT2D eigenvalue weighted by molar-refractivity contribution is 5.85. The van der Waals surface area contributed by atoms with Crippen molar-refractivity contribution in [3.05, 3.63) is 27.4 Å². The number of aromatic amines is 1. The van der Waals surface area contributed by atoms with Crippen LogP contribution in [-0.4, -0.2) is 78.4 Å². The smallest absolute Gasteiger partial charge is 0.336 e. The summed E-state index contributed by atoms with van der Waals surface area (Å²) < 4.78 is 0. The molecule has 8 nitrogen and oxygen atoms in total. The number of piperazine rings is 1. The molecule has 1 aliphatic heterocycles. The average molecular weight is 336 g/mol. The Labute approximate surface area is 141 Å². The first kappa shape index (κ1) is 18.1. The van der Waals surface area contributed by atoms with Gasteiger partial charge < -0.3 is 19.7 Å². The summed E-state index contributed by atoms with van der Waals surface area (Å²) in [6.45, 7) is 6.87. The lowest BCUT2D eigenvalue weighted by Crippen LogP contribution is -3.12. The first-order chi connectivity index (χ1) is 11.3. The van der Waals surface area contributed by atoms with E-state index in [2.05, 4.69) is 17.0 Å². The zero-order valence-electron chi connectivity index (χ0n) is 14.8. The Kier molecular flexibility index (Phi) is 5.71. The van der Waals surface area contributed by atoms with Crippen LogP contribution in [0.1, 0.15) is 17.0 Å². The number of amides is 2. The van der Waals surface area contributed by atoms with E-state index >= 15 is 0 Å². The number of aromatic nitrogens is 2. The van der Waals surface area contributed by atoms with Crippen LogP contribution in [0.5, 0.6) is 0 Å². The maximum atomic E-state index is 12.4. The third kappa shape index (κ3) is 4.41. The first-order valence-corrected chi connectivity index (χ1v) is 8.17. The summed E-state index contributed by atoms with van der Waals surface area (Å²) in [5.74, 6) is -0.186. The first-order valence-electron chi connectivity index (χ1n) is 8.17. The summed E-state index contributed by atoms with van der Waals surface area (Å²) in [6, 6.07) is 0. The van der Waals surface area contributed by atoms with E-state index in [0.29, 0.717) is 17.0 Å². The molecule has 0 bridgehead atoms. The molecule has 132 valence electrons. The number of likely N-dealkylation sites (N-methyl/N-ethyl adjacent to an activating group) is 2. The van der Waals surface area contributed by atoms with Crippen molar-refractivity contribution < 1.29 is 14.5 Å². The molecular formula is C16H26N5O3+. The predicted molar refractivity (Wildman–Crippen MR) is 88.9 cm³/mol. The number of carbonyl (C=O) groups is 2. The van der Waals surface area contributed by atoms with Crippen LogP contribution in [0.2, 0.25) is 0 Å². The molecule has 0 spiro atoms. The molecule has 2 amide bonds. The van der Waals surface area contributed by atoms with Crippen LogP contribution in [0, 0.1) is 13.8 Å². The second kappa shape index (κ2) is 7.57. The van der Waals surface area contributed by atoms with Crippen molar-refractivity contribution in [3.8, 4) is 0 Å². The predicted octanol–water partition coefficient (Wildman–Crippen LogP) is -2.26. The van der Waals surface area contributed by atoms with Gasteiger partial charge in [0.1, 0.15) is 0 Å². The summed E-state index contributed by atoms with van der Waals surface area (Å²) in [4.78, 5) is 47.1. The van der Waals surface area contributed by atoms with E-state index in [-0.39, 0.29) is 24.8 Å². The molecule has 2 heterocycles. The van der Waals surface area contributed by atoms with Crippen LogP contribution in [0.15, 0.2) is 4.79 Å². The number of nitrogens with zero attached hydrogens (tertiary/aromatic N) is 3. The summed E-state index contributed by atoms with van der Waals surface area (Å²) in [5.41, 5.74) is 1.48. The largest absolute Gasteiger partial charge is 0.345 e. The lowest BCUT2D eigenvalue weighted by atomic mass is 10.1. The summed E-state index contributed by atoms with van der Waals surface area (Å²) in [5, 5.41) is 0. The maximum absolute atomic E-state index is 12.4. The highest BCUT2D eigenvalue weighted by Crippen LogP contribution is 2.09. The van der Waals surface area contributed by atoms with Crippen molar-refractivity contribution in [2.24, 2.45) is 0 Å². The summed E-state index contributed by atoms with van der Waals surface area (Å²) in [7, 11) is 3.74. The van der Waals surface area contributed by atoms with Gasteiger partial charge in [-0.05, 0) is 13.8 Å². The highest BCUT2D eigenvalue weighted by atomic mass is 16.2. The van der Waals surface area contributed by atoms with Gasteiger partial charge in [0.2, 0.25) is 11.8 Å². The van der Waals surface area contributed by atoms with Crippen molar-refractivity contribution in [2.75, 3.05) is 46.8 Å². The van der Waals surface area contributed by atoms with E-state index < -0.39 is 5.69 Å². The third-order valence-electron chi connectivity index (χ3n) is 4.55. The van der Waals surface area contributed by atoms with Crippen LogP contribution in [0.4, 0.5) is 0 Å². The normalized spacial score (nSPS) is 15.4. The van der Waals surface area contributed by atoms with Crippen LogP contribution in [-0.2, 0) is 16.0 Å². The standard InChI is InChI=1S/C16H25N5O3/c1-11-13(12(2)18-16(24)17-11)9-14(22)20(4)10-15(23)21-7-5-19(3)6-8-21/h5-10H2,1-4H3,(H,17,18,24)/p+1. The molecule has 1 fully saturated rings. The average Bonchev–Trinajstić information content (AvgIpc) is 2.51. The Morgan fingerprint density at radius 3 is 2.50 bits per heavy atom. The number of carbonyl (C=O) groups excluding carboxylic acids is 2. The number of H-pyrrole nitrogens is 1. The van der Waals surface area contributed by atoms with Crippen molar-refractivity contribution in [1.82, 2.24) is 19.8 Å². The Hall–Kier alpha value is -2.22. The topological polar surface area (TPSA) is 90.8 Å². The minimum Gasteiger partial charge on any atom is -0.336 e. The molecule has 0 atom stereocenters. The second-order valence-corrected chi connectivity index (χ2v) is 6.50. The zero-order valence-corrected chi connectivity index (χ0v) is 14.8. The molecule has 0 aliphatic carbocycles. The van der Waals surface area contributed by atoms with Crippen LogP contribution >= 0.6 is 0 Å². The zero-order chi connectivity index (χ0) is 17.9. The van der Waals surface area contributed by atoms with Gasteiger partial charge in [0, 0.05) is 24.0 Å². The molecule has 1 saturated heterocycles. The fourth-order valence-corrected chi connectivity index (χ4v) is 2.83. The van der Waals surface area contributed by atoms with Gasteiger partial charge in [0.15, 0.2) is 0 Å². The molecule has 8 heteroatoms. The molecule has 0 saturated carbocycles. The fourth-order valence-electron chi connectivity index (χ4n) is 2.83. The second-order valence-electron chi connectivity index (χ2n) is 6.50. The summed E-state index contributed by atoms with van der Waals surface area (Å²) >= 11 is 0. The van der Waals surface area contributed by atoms with Gasteiger partial charge in [-0.2, -0.15) is 4.98 Å². The minimum absolute atomic E-state index is 0.0219. The lowest BCUT2D eigenvalue weighted by molar-refractivity contribution is -0.883. The fraction of sp³-hybridized carbons (Fsp3) is 0.625. The van der Waals surface area contributed by atoms with Gasteiger partial charge in [-0.3, -0.25) is 9.59 Å². The van der Waals surface area contributed by atoms with Crippen molar-refractivity contribution >= 4 is 11.8 Å². The number of hydrogen-bond donors (Lipinski definition) is 2. The molecule has 0 unspecified atom stereocenters. The Morgan fingerprint density at radius 1 is 1.29 bits per heavy atom. The van der Waals surface area contributed by atoms with Gasteiger partial charge in [-0.1, -0.05) is 0 Å². The van der Waals surface area contributed by atoms with E-state index in [1.165, 1.54) is 9.80 Å². The molecule has 1 aliphatic rings. The number of nitrogens with one attached hydrogen (secondary N) is 2. The van der Waals surface area contributed by atoms with E-state index in [4.69, 9.17) is 0 Å². The maximum Gasteiger partial charge on any atom is 0.345 e. The number of aryl methyl sites for hydroxylation is 2. The SMILES string of the molecule is Cc1nc(=O)[nH]c(C)c1CC(=O)N(C)CC(=O)N1CC[NH+](C)CC1. The molecule has 2 N–H and O–H groups in total. The molecule has 1 aromatic rings. The number of hydrogen-bond acceptors (Lipinski definition) is 4. The van der Waals surface area contributed by atoms with Gasteiger partial charge >= 0.3 is 5.69 Å². The van der Waals surface area contributed by atoms with Gasteiger partial charge in [-0.25, -0.2) is 4.79 Å². The van der Waals surface area contributed by atoms with Gasteiger partial charge in [0.25, 0.3) is 0 Å². The van der Waals surface area contributed by atoms with E-state index in [9.17, 15) is 14.4 Å². The van der Waals surface area contributed by atoms with Gasteiger partial charge in [-0.15, -0.1) is 0 Å². The van der Waals surface area contributed by atoms with Gasteiger partial charge in [0.05, 0.1) is 46.2 Å². The quantitative estimate of drug-likeness (QED) is 0.650. The van der Waals surface area contributed by atoms with E-state index in [1.54, 1.807) is 20.9 Å². The highest BCUT2D eigenvalue weighted by Gasteiger charge is 2.24. The Bertz CT molecular complexity index is 651. The third-order valence-corrected chi connectivity index (χ3v) is 4.55. The van der Waals surface area contributed by atoms with Crippen LogP contribution in [0.3, 0.4) is 0 Å². The molecule has 1 aromatic heterocycles. The van der Waals surface area contributed by atoms with Crippen LogP contribution < -0.4 is 10.6 Å². The minimum atomic E-state index is -0.415. The van der Waals surface area contributed by atoms with Crippen molar-refractivity contribution in [1.29, 1.82) is 0 Å². The van der Waals surface area contributed by atoms with E-state index in [1.807, 2.05) is 4.90 Å². The van der Waals surface area contributed by atoms with Crippen LogP contribution in [0.25, 0.3) is 0 Å². The number of rotatable bonds is 4. The van der Waals surface area contributed by atoms with Crippen molar-refractivity contribution in [3.63, 3.8) is 0 Å². The van der Waals surface area contributed by atoms with E-state index in [0.717, 1.165) is 26.2 Å². The monoisotopic (exact) mass is 336 g/mol. The van der Waals surface area contributed by atoms with Crippen molar-refractivity contribution in [2.45, 2.75) is 20.3 Å². The molecule has 2 rings (SSSR count).